The van der Waals surface area contributed by atoms with Gasteiger partial charge in [0.1, 0.15) is 0 Å². The monoisotopic (exact) mass is 333 g/mol. The van der Waals surface area contributed by atoms with Crippen molar-refractivity contribution in [3.8, 4) is 0 Å². The first-order valence-electron chi connectivity index (χ1n) is 6.68. The summed E-state index contributed by atoms with van der Waals surface area (Å²) in [5.74, 6) is -0.0601. The highest BCUT2D eigenvalue weighted by Gasteiger charge is 2.27. The lowest BCUT2D eigenvalue weighted by Gasteiger charge is -2.15. The Balaban J connectivity index is 2.09. The molecule has 1 aromatic carbocycles. The number of rotatable bonds is 5. The molecule has 0 spiro atoms. The van der Waals surface area contributed by atoms with Gasteiger partial charge in [-0.05, 0) is 43.0 Å². The molecule has 0 bridgehead atoms. The summed E-state index contributed by atoms with van der Waals surface area (Å²) in [6.45, 7) is 0.192. The Morgan fingerprint density at radius 1 is 1.10 bits per heavy atom. The molecule has 21 heavy (non-hydrogen) atoms. The zero-order chi connectivity index (χ0) is 15.7. The summed E-state index contributed by atoms with van der Waals surface area (Å²) in [7, 11) is -7.04. The minimum Gasteiger partial charge on any atom is -0.393 e. The molecule has 0 heterocycles. The van der Waals surface area contributed by atoms with Crippen molar-refractivity contribution >= 4 is 19.9 Å². The number of aliphatic hydroxyl groups is 1. The highest BCUT2D eigenvalue weighted by Crippen LogP contribution is 2.25. The van der Waals surface area contributed by atoms with Gasteiger partial charge in [0.2, 0.25) is 10.0 Å². The topological polar surface area (TPSA) is 101 Å². The van der Waals surface area contributed by atoms with Crippen molar-refractivity contribution in [1.29, 1.82) is 0 Å². The first-order valence-corrected chi connectivity index (χ1v) is 10.1. The number of sulfonamides is 1. The summed E-state index contributed by atoms with van der Waals surface area (Å²) in [6.07, 6.45) is 3.01. The third-order valence-electron chi connectivity index (χ3n) is 3.72. The molecule has 1 aliphatic rings. The summed E-state index contributed by atoms with van der Waals surface area (Å²) in [4.78, 5) is 0.0926. The fraction of sp³-hybridized carbons (Fsp3) is 0.538. The van der Waals surface area contributed by atoms with Gasteiger partial charge in [-0.1, -0.05) is 6.42 Å². The van der Waals surface area contributed by atoms with Crippen LogP contribution in [0.2, 0.25) is 0 Å². The molecule has 2 N–H and O–H groups in total. The van der Waals surface area contributed by atoms with E-state index in [0.717, 1.165) is 19.1 Å². The third-order valence-corrected chi connectivity index (χ3v) is 6.28. The van der Waals surface area contributed by atoms with E-state index in [2.05, 4.69) is 4.72 Å². The normalized spacial score (nSPS) is 23.3. The maximum absolute atomic E-state index is 12.1. The highest BCUT2D eigenvalue weighted by atomic mass is 32.2. The number of sulfone groups is 1. The quantitative estimate of drug-likeness (QED) is 0.818. The van der Waals surface area contributed by atoms with E-state index >= 15 is 0 Å². The second kappa shape index (κ2) is 6.04. The molecule has 1 aliphatic carbocycles. The van der Waals surface area contributed by atoms with Gasteiger partial charge in [0.05, 0.1) is 15.9 Å². The van der Waals surface area contributed by atoms with E-state index in [1.165, 1.54) is 24.3 Å². The van der Waals surface area contributed by atoms with E-state index in [4.69, 9.17) is 0 Å². The maximum Gasteiger partial charge on any atom is 0.240 e. The Bertz CT molecular complexity index is 695. The Kier molecular flexibility index (Phi) is 4.72. The van der Waals surface area contributed by atoms with Gasteiger partial charge in [-0.25, -0.2) is 21.6 Å². The Hall–Kier alpha value is -0.960. The van der Waals surface area contributed by atoms with E-state index in [1.54, 1.807) is 0 Å². The number of hydrogen-bond donors (Lipinski definition) is 2. The zero-order valence-electron chi connectivity index (χ0n) is 11.7. The van der Waals surface area contributed by atoms with Gasteiger partial charge in [-0.2, -0.15) is 0 Å². The van der Waals surface area contributed by atoms with E-state index < -0.39 is 26.0 Å². The molecule has 0 radical (unpaired) electrons. The minimum atomic E-state index is -3.69. The van der Waals surface area contributed by atoms with Crippen LogP contribution in [0.25, 0.3) is 0 Å². The smallest absolute Gasteiger partial charge is 0.240 e. The predicted molar refractivity (Wildman–Crippen MR) is 78.1 cm³/mol. The first kappa shape index (κ1) is 16.4. The molecule has 0 aliphatic heterocycles. The van der Waals surface area contributed by atoms with Crippen molar-refractivity contribution in [2.45, 2.75) is 35.2 Å². The van der Waals surface area contributed by atoms with Crippen molar-refractivity contribution in [1.82, 2.24) is 4.72 Å². The van der Waals surface area contributed by atoms with Crippen LogP contribution in [-0.2, 0) is 19.9 Å². The molecular weight excluding hydrogens is 314 g/mol. The largest absolute Gasteiger partial charge is 0.393 e. The summed E-state index contributed by atoms with van der Waals surface area (Å²) in [6, 6.07) is 5.08. The lowest BCUT2D eigenvalue weighted by molar-refractivity contribution is 0.134. The number of hydrogen-bond acceptors (Lipinski definition) is 5. The van der Waals surface area contributed by atoms with Crippen molar-refractivity contribution in [3.63, 3.8) is 0 Å². The van der Waals surface area contributed by atoms with Gasteiger partial charge < -0.3 is 5.11 Å². The molecule has 2 rings (SSSR count). The van der Waals surface area contributed by atoms with E-state index in [1.807, 2.05) is 0 Å². The van der Waals surface area contributed by atoms with E-state index in [-0.39, 0.29) is 22.3 Å². The van der Waals surface area contributed by atoms with Crippen LogP contribution in [-0.4, -0.2) is 40.8 Å². The fourth-order valence-electron chi connectivity index (χ4n) is 2.42. The molecule has 2 atom stereocenters. The van der Waals surface area contributed by atoms with Crippen LogP contribution >= 0.6 is 0 Å². The van der Waals surface area contributed by atoms with E-state index in [0.29, 0.717) is 6.42 Å². The van der Waals surface area contributed by atoms with Crippen LogP contribution in [0.5, 0.6) is 0 Å². The maximum atomic E-state index is 12.1. The second-order valence-corrected chi connectivity index (χ2v) is 9.14. The molecule has 0 amide bonds. The molecule has 0 saturated heterocycles. The van der Waals surface area contributed by atoms with Gasteiger partial charge in [0, 0.05) is 12.8 Å². The first-order chi connectivity index (χ1) is 9.70. The van der Waals surface area contributed by atoms with Gasteiger partial charge >= 0.3 is 0 Å². The van der Waals surface area contributed by atoms with Crippen molar-refractivity contribution in [2.24, 2.45) is 5.92 Å². The molecule has 8 heteroatoms. The average molecular weight is 333 g/mol. The summed E-state index contributed by atoms with van der Waals surface area (Å²) >= 11 is 0. The number of aliphatic hydroxyl groups excluding tert-OH is 1. The van der Waals surface area contributed by atoms with Crippen LogP contribution in [0.15, 0.2) is 34.1 Å². The standard InChI is InChI=1S/C13H19NO5S2/c1-20(16,17)11-5-7-12(8-6-11)21(18,19)14-9-10-3-2-4-13(10)15/h5-8,10,13-15H,2-4,9H2,1H3. The van der Waals surface area contributed by atoms with Gasteiger partial charge in [-0.15, -0.1) is 0 Å². The Morgan fingerprint density at radius 2 is 1.67 bits per heavy atom. The van der Waals surface area contributed by atoms with Crippen LogP contribution in [0, 0.1) is 5.92 Å². The third kappa shape index (κ3) is 4.03. The van der Waals surface area contributed by atoms with Crippen LogP contribution in [0.3, 0.4) is 0 Å². The molecular formula is C13H19NO5S2. The van der Waals surface area contributed by atoms with Gasteiger partial charge in [0.15, 0.2) is 9.84 Å². The van der Waals surface area contributed by atoms with Crippen LogP contribution in [0.1, 0.15) is 19.3 Å². The van der Waals surface area contributed by atoms with Crippen molar-refractivity contribution in [2.75, 3.05) is 12.8 Å². The Labute approximate surface area is 125 Å². The molecule has 118 valence electrons. The molecule has 1 fully saturated rings. The minimum absolute atomic E-state index is 0.0161. The number of benzene rings is 1. The predicted octanol–water partition coefficient (Wildman–Crippen LogP) is 0.529. The van der Waals surface area contributed by atoms with Crippen molar-refractivity contribution in [3.05, 3.63) is 24.3 Å². The van der Waals surface area contributed by atoms with Crippen molar-refractivity contribution < 1.29 is 21.9 Å². The Morgan fingerprint density at radius 3 is 2.14 bits per heavy atom. The lowest BCUT2D eigenvalue weighted by atomic mass is 10.1. The van der Waals surface area contributed by atoms with Crippen LogP contribution < -0.4 is 4.72 Å². The second-order valence-electron chi connectivity index (χ2n) is 5.35. The van der Waals surface area contributed by atoms with Gasteiger partial charge in [0.25, 0.3) is 0 Å². The summed E-state index contributed by atoms with van der Waals surface area (Å²) in [5.41, 5.74) is 0. The SMILES string of the molecule is CS(=O)(=O)c1ccc(S(=O)(=O)NCC2CCCC2O)cc1. The van der Waals surface area contributed by atoms with Crippen LogP contribution in [0.4, 0.5) is 0 Å². The lowest BCUT2D eigenvalue weighted by Crippen LogP contribution is -2.32. The summed E-state index contributed by atoms with van der Waals surface area (Å²) in [5, 5.41) is 9.68. The molecule has 0 aromatic heterocycles. The molecule has 1 saturated carbocycles. The molecule has 1 aromatic rings. The zero-order valence-corrected chi connectivity index (χ0v) is 13.3. The average Bonchev–Trinajstić information content (AvgIpc) is 2.81. The fourth-order valence-corrected chi connectivity index (χ4v) is 4.15. The molecule has 2 unspecified atom stereocenters. The number of nitrogens with one attached hydrogen (secondary N) is 1. The van der Waals surface area contributed by atoms with E-state index in [9.17, 15) is 21.9 Å². The van der Waals surface area contributed by atoms with Gasteiger partial charge in [-0.3, -0.25) is 0 Å². The molecule has 6 nitrogen and oxygen atoms in total. The summed E-state index contributed by atoms with van der Waals surface area (Å²) < 4.78 is 49.4. The highest BCUT2D eigenvalue weighted by molar-refractivity contribution is 7.90.